The highest BCUT2D eigenvalue weighted by Gasteiger charge is 2.13. The molecule has 1 N–H and O–H groups in total. The molecule has 2 aromatic rings. The van der Waals surface area contributed by atoms with E-state index in [1.807, 2.05) is 24.3 Å². The number of aliphatic hydroxyl groups is 1. The molecule has 0 radical (unpaired) electrons. The molecule has 0 aliphatic carbocycles. The summed E-state index contributed by atoms with van der Waals surface area (Å²) < 4.78 is 9.82. The summed E-state index contributed by atoms with van der Waals surface area (Å²) in [4.78, 5) is 4.40. The van der Waals surface area contributed by atoms with Gasteiger partial charge in [-0.1, -0.05) is 70.7 Å². The molecule has 0 spiro atoms. The molecule has 176 valence electrons. The first kappa shape index (κ1) is 29.3. The predicted molar refractivity (Wildman–Crippen MR) is 137 cm³/mol. The van der Waals surface area contributed by atoms with Crippen molar-refractivity contribution >= 4 is 58.7 Å². The number of aliphatic hydroxyl groups excluding tert-OH is 1. The van der Waals surface area contributed by atoms with E-state index >= 15 is 0 Å². The zero-order chi connectivity index (χ0) is 23.9. The maximum atomic E-state index is 9.15. The van der Waals surface area contributed by atoms with Crippen LogP contribution in [-0.4, -0.2) is 25.4 Å². The molecule has 0 amide bonds. The van der Waals surface area contributed by atoms with Crippen LogP contribution < -0.4 is 0 Å². The van der Waals surface area contributed by atoms with Gasteiger partial charge in [0.1, 0.15) is 0 Å². The summed E-state index contributed by atoms with van der Waals surface area (Å²) in [6, 6.07) is 10.9. The van der Waals surface area contributed by atoms with Crippen LogP contribution in [0.1, 0.15) is 35.8 Å². The van der Waals surface area contributed by atoms with Crippen molar-refractivity contribution in [2.24, 2.45) is 0 Å². The van der Waals surface area contributed by atoms with Crippen molar-refractivity contribution in [1.82, 2.24) is 0 Å². The van der Waals surface area contributed by atoms with E-state index in [0.29, 0.717) is 26.7 Å². The van der Waals surface area contributed by atoms with Gasteiger partial charge in [0.2, 0.25) is 0 Å². The van der Waals surface area contributed by atoms with E-state index in [0.717, 1.165) is 36.3 Å². The largest absolute Gasteiger partial charge is 0.396 e. The van der Waals surface area contributed by atoms with E-state index < -0.39 is 0 Å². The van der Waals surface area contributed by atoms with Gasteiger partial charge in [-0.05, 0) is 48.2 Å². The number of benzene rings is 2. The quantitative estimate of drug-likeness (QED) is 0.0963. The highest BCUT2D eigenvalue weighted by atomic mass is 35.5. The second kappa shape index (κ2) is 16.8. The fourth-order valence-electron chi connectivity index (χ4n) is 2.71. The third kappa shape index (κ3) is 10.5. The molecule has 2 atom stereocenters. The van der Waals surface area contributed by atoms with Gasteiger partial charge in [0, 0.05) is 11.8 Å². The summed E-state index contributed by atoms with van der Waals surface area (Å²) in [6.45, 7) is 7.92. The van der Waals surface area contributed by atoms with Crippen LogP contribution in [0.2, 0.25) is 20.1 Å². The molecular formula is C23H26Cl4O4S. The average Bonchev–Trinajstić information content (AvgIpc) is 2.78. The molecule has 32 heavy (non-hydrogen) atoms. The summed E-state index contributed by atoms with van der Waals surface area (Å²) >= 11 is 24.3. The van der Waals surface area contributed by atoms with Gasteiger partial charge in [0.05, 0.1) is 40.4 Å². The Kier molecular flexibility index (Phi) is 15.4. The highest BCUT2D eigenvalue weighted by Crippen LogP contribution is 2.30. The van der Waals surface area contributed by atoms with Crippen molar-refractivity contribution in [1.29, 1.82) is 0 Å². The van der Waals surface area contributed by atoms with Gasteiger partial charge in [0.15, 0.2) is 12.3 Å². The second-order valence-electron chi connectivity index (χ2n) is 6.56. The van der Waals surface area contributed by atoms with Crippen LogP contribution in [-0.2, 0) is 13.4 Å². The van der Waals surface area contributed by atoms with Gasteiger partial charge >= 0.3 is 0 Å². The molecule has 0 aliphatic rings. The Morgan fingerprint density at radius 3 is 1.81 bits per heavy atom. The molecule has 9 heteroatoms. The standard InChI is InChI=1S/C12H14Cl2O3S.C11H12Cl2O/c1-3-4-10(8-16-18-17-15-2)9-5-6-11(13)12(14)7-9;1-2-3-9(7-14)8-4-5-10(12)11(13)6-8/h3,5-7,10H,1,4,8H2,2H3;2,4-6,9,14H,1,3,7H2/t10-;9-/m11/s1. The smallest absolute Gasteiger partial charge is 0.194 e. The summed E-state index contributed by atoms with van der Waals surface area (Å²) in [7, 11) is 1.41. The monoisotopic (exact) mass is 538 g/mol. The van der Waals surface area contributed by atoms with Crippen LogP contribution in [0, 0.1) is 0 Å². The van der Waals surface area contributed by atoms with Crippen molar-refractivity contribution in [2.45, 2.75) is 24.7 Å². The van der Waals surface area contributed by atoms with Crippen LogP contribution >= 0.6 is 58.7 Å². The number of halogens is 4. The number of allylic oxidation sites excluding steroid dienone is 2. The van der Waals surface area contributed by atoms with Crippen molar-refractivity contribution in [2.75, 3.05) is 20.3 Å². The molecule has 0 saturated carbocycles. The fourth-order valence-corrected chi connectivity index (χ4v) is 3.64. The van der Waals surface area contributed by atoms with E-state index in [1.54, 1.807) is 24.3 Å². The predicted octanol–water partition coefficient (Wildman–Crippen LogP) is 8.46. The van der Waals surface area contributed by atoms with Gasteiger partial charge in [-0.15, -0.1) is 17.5 Å². The Balaban J connectivity index is 0.000000330. The Morgan fingerprint density at radius 2 is 1.38 bits per heavy atom. The third-order valence-corrected chi connectivity index (χ3v) is 6.27. The lowest BCUT2D eigenvalue weighted by molar-refractivity contribution is -0.166. The molecule has 2 rings (SSSR count). The molecule has 0 aromatic heterocycles. The highest BCUT2D eigenvalue weighted by molar-refractivity contribution is 7.89. The van der Waals surface area contributed by atoms with Gasteiger partial charge < -0.3 is 5.11 Å². The molecule has 0 bridgehead atoms. The summed E-state index contributed by atoms with van der Waals surface area (Å²) in [5, 5.41) is 11.3. The first-order chi connectivity index (χ1) is 15.4. The van der Waals surface area contributed by atoms with E-state index in [1.165, 1.54) is 7.11 Å². The van der Waals surface area contributed by atoms with Crippen molar-refractivity contribution in [3.8, 4) is 0 Å². The number of hydrogen-bond donors (Lipinski definition) is 1. The number of rotatable bonds is 12. The molecule has 0 heterocycles. The fraction of sp³-hybridized carbons (Fsp3) is 0.304. The second-order valence-corrected chi connectivity index (χ2v) is 8.70. The van der Waals surface area contributed by atoms with Crippen LogP contribution in [0.5, 0.6) is 0 Å². The maximum absolute atomic E-state index is 9.15. The van der Waals surface area contributed by atoms with E-state index in [2.05, 4.69) is 22.4 Å². The summed E-state index contributed by atoms with van der Waals surface area (Å²) in [5.41, 5.74) is 2.03. The third-order valence-electron chi connectivity index (χ3n) is 4.37. The zero-order valence-corrected chi connectivity index (χ0v) is 21.4. The lowest BCUT2D eigenvalue weighted by Gasteiger charge is -2.15. The minimum atomic E-state index is 0.0577. The topological polar surface area (TPSA) is 47.9 Å². The first-order valence-electron chi connectivity index (χ1n) is 9.59. The summed E-state index contributed by atoms with van der Waals surface area (Å²) in [5.74, 6) is 0.201. The molecular weight excluding hydrogens is 514 g/mol. The van der Waals surface area contributed by atoms with E-state index in [9.17, 15) is 0 Å². The van der Waals surface area contributed by atoms with E-state index in [4.69, 9.17) is 55.7 Å². The molecule has 0 fully saturated rings. The summed E-state index contributed by atoms with van der Waals surface area (Å²) in [6.07, 6.45) is 5.11. The molecule has 2 aromatic carbocycles. The van der Waals surface area contributed by atoms with Crippen LogP contribution in [0.3, 0.4) is 0 Å². The Morgan fingerprint density at radius 1 is 0.875 bits per heavy atom. The first-order valence-corrected chi connectivity index (χ1v) is 11.8. The maximum Gasteiger partial charge on any atom is 0.194 e. The van der Waals surface area contributed by atoms with Crippen molar-refractivity contribution in [3.63, 3.8) is 0 Å². The molecule has 0 aliphatic heterocycles. The Bertz CT molecular complexity index is 851. The van der Waals surface area contributed by atoms with Gasteiger partial charge in [-0.25, -0.2) is 4.89 Å². The van der Waals surface area contributed by atoms with Crippen molar-refractivity contribution in [3.05, 3.63) is 92.9 Å². The lowest BCUT2D eigenvalue weighted by Crippen LogP contribution is -2.05. The van der Waals surface area contributed by atoms with Gasteiger partial charge in [-0.2, -0.15) is 0 Å². The zero-order valence-electron chi connectivity index (χ0n) is 17.6. The molecule has 4 nitrogen and oxygen atoms in total. The normalized spacial score (nSPS) is 12.4. The van der Waals surface area contributed by atoms with Crippen LogP contribution in [0.25, 0.3) is 0 Å². The minimum Gasteiger partial charge on any atom is -0.396 e. The lowest BCUT2D eigenvalue weighted by atomic mass is 9.97. The van der Waals surface area contributed by atoms with E-state index in [-0.39, 0.29) is 18.4 Å². The Hall–Kier alpha value is -0.730. The van der Waals surface area contributed by atoms with Gasteiger partial charge in [-0.3, -0.25) is 4.18 Å². The van der Waals surface area contributed by atoms with Gasteiger partial charge in [0.25, 0.3) is 0 Å². The Labute approximate surface area is 214 Å². The minimum absolute atomic E-state index is 0.0577. The SMILES string of the molecule is C=CC[C@H](CO)c1ccc(Cl)c(Cl)c1.C=CC[C@H](COSOOC)c1ccc(Cl)c(Cl)c1. The molecule has 0 unspecified atom stereocenters. The van der Waals surface area contributed by atoms with Crippen molar-refractivity contribution < 1.29 is 18.5 Å². The number of hydrogen-bond acceptors (Lipinski definition) is 5. The molecule has 0 saturated heterocycles. The van der Waals surface area contributed by atoms with Crippen LogP contribution in [0.15, 0.2) is 61.7 Å². The van der Waals surface area contributed by atoms with Crippen LogP contribution in [0.4, 0.5) is 0 Å². The average molecular weight is 540 g/mol.